The topological polar surface area (TPSA) is 54.8 Å². The van der Waals surface area contributed by atoms with Gasteiger partial charge in [0.1, 0.15) is 17.5 Å². The molecule has 1 aliphatic heterocycles. The molecule has 5 nitrogen and oxygen atoms in total. The van der Waals surface area contributed by atoms with Crippen molar-refractivity contribution in [3.05, 3.63) is 40.9 Å². The van der Waals surface area contributed by atoms with Crippen LogP contribution >= 0.6 is 0 Å². The molecule has 0 spiro atoms. The molecule has 0 fully saturated rings. The number of nitrogens with zero attached hydrogens (tertiary/aromatic N) is 5. The van der Waals surface area contributed by atoms with Gasteiger partial charge < -0.3 is 4.90 Å². The zero-order valence-electron chi connectivity index (χ0n) is 12.9. The van der Waals surface area contributed by atoms with Crippen LogP contribution in [-0.2, 0) is 25.9 Å². The van der Waals surface area contributed by atoms with Crippen LogP contribution in [0.4, 0.5) is 5.82 Å². The predicted octanol–water partition coefficient (Wildman–Crippen LogP) is 2.61. The van der Waals surface area contributed by atoms with Crippen LogP contribution in [0.2, 0.25) is 0 Å². The van der Waals surface area contributed by atoms with Crippen molar-refractivity contribution in [3.8, 4) is 0 Å². The summed E-state index contributed by atoms with van der Waals surface area (Å²) in [5.41, 5.74) is 3.37. The fourth-order valence-corrected chi connectivity index (χ4v) is 2.64. The number of aryl methyl sites for hydroxylation is 3. The molecule has 1 aliphatic rings. The van der Waals surface area contributed by atoms with Crippen LogP contribution in [0.1, 0.15) is 48.9 Å². The lowest BCUT2D eigenvalue weighted by molar-refractivity contribution is 0.787. The summed E-state index contributed by atoms with van der Waals surface area (Å²) in [6.07, 6.45) is 4.83. The van der Waals surface area contributed by atoms with Crippen molar-refractivity contribution in [1.82, 2.24) is 19.9 Å². The van der Waals surface area contributed by atoms with E-state index in [4.69, 9.17) is 4.98 Å². The van der Waals surface area contributed by atoms with E-state index in [0.717, 1.165) is 61.2 Å². The summed E-state index contributed by atoms with van der Waals surface area (Å²) in [5, 5.41) is 0. The summed E-state index contributed by atoms with van der Waals surface area (Å²) in [4.78, 5) is 20.5. The zero-order valence-corrected chi connectivity index (χ0v) is 12.9. The molecule has 3 heterocycles. The minimum absolute atomic E-state index is 0.812. The Hall–Kier alpha value is -2.04. The first kappa shape index (κ1) is 13.9. The molecule has 2 aromatic rings. The van der Waals surface area contributed by atoms with Gasteiger partial charge in [0, 0.05) is 42.9 Å². The lowest BCUT2D eigenvalue weighted by Gasteiger charge is -2.17. The van der Waals surface area contributed by atoms with Crippen LogP contribution < -0.4 is 4.90 Å². The molecule has 3 rings (SSSR count). The maximum absolute atomic E-state index is 4.70. The van der Waals surface area contributed by atoms with Gasteiger partial charge in [-0.25, -0.2) is 19.9 Å². The molecule has 0 radical (unpaired) electrons. The highest BCUT2D eigenvalue weighted by atomic mass is 15.2. The third-order valence-corrected chi connectivity index (χ3v) is 3.71. The highest BCUT2D eigenvalue weighted by Gasteiger charge is 2.22. The van der Waals surface area contributed by atoms with Gasteiger partial charge in [0.2, 0.25) is 0 Å². The molecule has 0 saturated carbocycles. The van der Waals surface area contributed by atoms with E-state index in [1.54, 1.807) is 0 Å². The van der Waals surface area contributed by atoms with E-state index in [1.807, 2.05) is 13.1 Å². The SMILES string of the molecule is CCCc1nc(C)cc(N2Cc3cnc(CC)nc3C2)n1. The Morgan fingerprint density at radius 3 is 2.71 bits per heavy atom. The van der Waals surface area contributed by atoms with Crippen molar-refractivity contribution in [2.45, 2.75) is 53.1 Å². The second-order valence-electron chi connectivity index (χ2n) is 5.50. The van der Waals surface area contributed by atoms with Crippen molar-refractivity contribution in [2.24, 2.45) is 0 Å². The van der Waals surface area contributed by atoms with E-state index in [0.29, 0.717) is 0 Å². The van der Waals surface area contributed by atoms with Gasteiger partial charge in [-0.05, 0) is 13.3 Å². The fraction of sp³-hybridized carbons (Fsp3) is 0.500. The average Bonchev–Trinajstić information content (AvgIpc) is 2.89. The van der Waals surface area contributed by atoms with Crippen molar-refractivity contribution < 1.29 is 0 Å². The van der Waals surface area contributed by atoms with Crippen molar-refractivity contribution in [3.63, 3.8) is 0 Å². The van der Waals surface area contributed by atoms with Crippen LogP contribution in [-0.4, -0.2) is 19.9 Å². The molecule has 2 aromatic heterocycles. The standard InChI is InChI=1S/C16H21N5/c1-4-6-15-18-11(3)7-16(20-15)21-9-12-8-17-14(5-2)19-13(12)10-21/h7-8H,4-6,9-10H2,1-3H3. The van der Waals surface area contributed by atoms with Gasteiger partial charge in [0.15, 0.2) is 0 Å². The molecule has 0 amide bonds. The molecule has 0 aliphatic carbocycles. The minimum atomic E-state index is 0.812. The number of fused-ring (bicyclic) bond motifs is 1. The van der Waals surface area contributed by atoms with Crippen LogP contribution in [0.15, 0.2) is 12.3 Å². The summed E-state index contributed by atoms with van der Waals surface area (Å²) in [6.45, 7) is 7.91. The Kier molecular flexibility index (Phi) is 3.82. The summed E-state index contributed by atoms with van der Waals surface area (Å²) >= 11 is 0. The molecule has 21 heavy (non-hydrogen) atoms. The number of anilines is 1. The first-order chi connectivity index (χ1) is 10.2. The van der Waals surface area contributed by atoms with E-state index < -0.39 is 0 Å². The van der Waals surface area contributed by atoms with E-state index in [2.05, 4.69) is 39.8 Å². The monoisotopic (exact) mass is 283 g/mol. The molecule has 0 bridgehead atoms. The summed E-state index contributed by atoms with van der Waals surface area (Å²) in [6, 6.07) is 2.05. The second-order valence-corrected chi connectivity index (χ2v) is 5.50. The molecule has 0 atom stereocenters. The Labute approximate surface area is 125 Å². The highest BCUT2D eigenvalue weighted by Crippen LogP contribution is 2.26. The molecular formula is C16H21N5. The van der Waals surface area contributed by atoms with Crippen molar-refractivity contribution in [2.75, 3.05) is 4.90 Å². The fourth-order valence-electron chi connectivity index (χ4n) is 2.64. The highest BCUT2D eigenvalue weighted by molar-refractivity contribution is 5.45. The molecule has 0 unspecified atom stereocenters. The lowest BCUT2D eigenvalue weighted by Crippen LogP contribution is -2.17. The van der Waals surface area contributed by atoms with Crippen LogP contribution in [0, 0.1) is 6.92 Å². The van der Waals surface area contributed by atoms with Gasteiger partial charge in [0.25, 0.3) is 0 Å². The van der Waals surface area contributed by atoms with E-state index >= 15 is 0 Å². The third-order valence-electron chi connectivity index (χ3n) is 3.71. The van der Waals surface area contributed by atoms with E-state index in [9.17, 15) is 0 Å². The Bertz CT molecular complexity index is 653. The minimum Gasteiger partial charge on any atom is -0.346 e. The number of hydrogen-bond donors (Lipinski definition) is 0. The quantitative estimate of drug-likeness (QED) is 0.863. The first-order valence-corrected chi connectivity index (χ1v) is 7.62. The smallest absolute Gasteiger partial charge is 0.133 e. The van der Waals surface area contributed by atoms with Gasteiger partial charge in [-0.15, -0.1) is 0 Å². The molecule has 110 valence electrons. The second kappa shape index (κ2) is 5.76. The third kappa shape index (κ3) is 2.86. The summed E-state index contributed by atoms with van der Waals surface area (Å²) < 4.78 is 0. The van der Waals surface area contributed by atoms with Crippen molar-refractivity contribution in [1.29, 1.82) is 0 Å². The number of aromatic nitrogens is 4. The Balaban J connectivity index is 1.86. The lowest BCUT2D eigenvalue weighted by atomic mass is 10.3. The Morgan fingerprint density at radius 2 is 1.95 bits per heavy atom. The molecule has 5 heteroatoms. The van der Waals surface area contributed by atoms with E-state index in [-0.39, 0.29) is 0 Å². The number of hydrogen-bond acceptors (Lipinski definition) is 5. The van der Waals surface area contributed by atoms with Gasteiger partial charge in [-0.1, -0.05) is 13.8 Å². The molecule has 0 N–H and O–H groups in total. The zero-order chi connectivity index (χ0) is 14.8. The molecule has 0 aromatic carbocycles. The van der Waals surface area contributed by atoms with Gasteiger partial charge in [-0.2, -0.15) is 0 Å². The van der Waals surface area contributed by atoms with Gasteiger partial charge >= 0.3 is 0 Å². The normalized spacial score (nSPS) is 13.6. The maximum atomic E-state index is 4.70. The molecule has 0 saturated heterocycles. The molecular weight excluding hydrogens is 262 g/mol. The van der Waals surface area contributed by atoms with Gasteiger partial charge in [0.05, 0.1) is 12.2 Å². The maximum Gasteiger partial charge on any atom is 0.133 e. The van der Waals surface area contributed by atoms with Crippen molar-refractivity contribution >= 4 is 5.82 Å². The van der Waals surface area contributed by atoms with Gasteiger partial charge in [-0.3, -0.25) is 0 Å². The van der Waals surface area contributed by atoms with Crippen LogP contribution in [0.5, 0.6) is 0 Å². The summed E-state index contributed by atoms with van der Waals surface area (Å²) in [5.74, 6) is 2.85. The van der Waals surface area contributed by atoms with E-state index in [1.165, 1.54) is 5.56 Å². The first-order valence-electron chi connectivity index (χ1n) is 7.62. The number of rotatable bonds is 4. The van der Waals surface area contributed by atoms with Crippen LogP contribution in [0.25, 0.3) is 0 Å². The Morgan fingerprint density at radius 1 is 1.10 bits per heavy atom. The average molecular weight is 283 g/mol. The summed E-state index contributed by atoms with van der Waals surface area (Å²) in [7, 11) is 0. The predicted molar refractivity (Wildman–Crippen MR) is 82.1 cm³/mol. The van der Waals surface area contributed by atoms with Crippen LogP contribution in [0.3, 0.4) is 0 Å². The largest absolute Gasteiger partial charge is 0.346 e.